The van der Waals surface area contributed by atoms with E-state index in [9.17, 15) is 14.9 Å². The number of nitro groups is 1. The van der Waals surface area contributed by atoms with Crippen LogP contribution in [0.4, 0.5) is 11.4 Å². The summed E-state index contributed by atoms with van der Waals surface area (Å²) >= 11 is 0. The number of piperidine rings is 1. The molecule has 0 bridgehead atoms. The van der Waals surface area contributed by atoms with Crippen molar-refractivity contribution >= 4 is 17.7 Å². The van der Waals surface area contributed by atoms with E-state index >= 15 is 0 Å². The first kappa shape index (κ1) is 15.4. The molecule has 1 N–H and O–H groups in total. The number of carbonyl (C=O) groups is 1. The Morgan fingerprint density at radius 3 is 2.71 bits per heavy atom. The van der Waals surface area contributed by atoms with Crippen LogP contribution in [0.25, 0.3) is 0 Å². The Balaban J connectivity index is 2.06. The van der Waals surface area contributed by atoms with E-state index in [2.05, 4.69) is 0 Å². The molecule has 1 aromatic rings. The molecular formula is C14H18N2O5. The molecule has 0 saturated carbocycles. The number of anilines is 1. The number of hydrogen-bond acceptors (Lipinski definition) is 6. The van der Waals surface area contributed by atoms with Crippen molar-refractivity contribution in [2.75, 3.05) is 31.2 Å². The number of non-ortho nitro benzene ring substituents is 1. The summed E-state index contributed by atoms with van der Waals surface area (Å²) < 4.78 is 5.49. The van der Waals surface area contributed by atoms with Crippen LogP contribution >= 0.6 is 0 Å². The lowest BCUT2D eigenvalue weighted by Crippen LogP contribution is -2.37. The fourth-order valence-electron chi connectivity index (χ4n) is 2.52. The van der Waals surface area contributed by atoms with E-state index < -0.39 is 4.92 Å². The van der Waals surface area contributed by atoms with Crippen LogP contribution in [-0.2, 0) is 4.74 Å². The third kappa shape index (κ3) is 3.77. The zero-order chi connectivity index (χ0) is 15.2. The van der Waals surface area contributed by atoms with Gasteiger partial charge in [-0.25, -0.2) is 0 Å². The van der Waals surface area contributed by atoms with Crippen molar-refractivity contribution < 1.29 is 19.6 Å². The molecule has 21 heavy (non-hydrogen) atoms. The van der Waals surface area contributed by atoms with E-state index in [1.54, 1.807) is 6.07 Å². The van der Waals surface area contributed by atoms with Gasteiger partial charge >= 0.3 is 0 Å². The number of aliphatic hydroxyl groups excluding tert-OH is 1. The number of aliphatic hydroxyl groups is 1. The molecule has 0 aliphatic carbocycles. The number of carbonyl (C=O) groups excluding carboxylic acids is 1. The summed E-state index contributed by atoms with van der Waals surface area (Å²) in [6, 6.07) is 4.34. The van der Waals surface area contributed by atoms with Crippen LogP contribution in [0, 0.1) is 10.1 Å². The van der Waals surface area contributed by atoms with Gasteiger partial charge in [0.05, 0.1) is 24.2 Å². The minimum atomic E-state index is -0.508. The van der Waals surface area contributed by atoms with Crippen molar-refractivity contribution in [1.29, 1.82) is 0 Å². The predicted octanol–water partition coefficient (Wildman–Crippen LogP) is 1.38. The minimum absolute atomic E-state index is 0.0118. The molecule has 0 spiro atoms. The van der Waals surface area contributed by atoms with E-state index in [-0.39, 0.29) is 18.4 Å². The molecule has 0 aromatic heterocycles. The maximum Gasteiger partial charge on any atom is 0.270 e. The highest BCUT2D eigenvalue weighted by Gasteiger charge is 2.22. The molecule has 1 saturated heterocycles. The SMILES string of the molecule is O=Cc1cc([N+](=O)[O-])ccc1N1CCC(OCCO)CC1. The Morgan fingerprint density at radius 2 is 2.14 bits per heavy atom. The van der Waals surface area contributed by atoms with Crippen LogP contribution in [0.15, 0.2) is 18.2 Å². The van der Waals surface area contributed by atoms with Crippen LogP contribution in [0.5, 0.6) is 0 Å². The van der Waals surface area contributed by atoms with Crippen LogP contribution in [0.1, 0.15) is 23.2 Å². The van der Waals surface area contributed by atoms with Gasteiger partial charge in [-0.05, 0) is 18.9 Å². The monoisotopic (exact) mass is 294 g/mol. The van der Waals surface area contributed by atoms with Crippen molar-refractivity contribution in [3.05, 3.63) is 33.9 Å². The molecule has 1 aliphatic rings. The molecular weight excluding hydrogens is 276 g/mol. The first-order valence-electron chi connectivity index (χ1n) is 6.86. The Bertz CT molecular complexity index is 512. The molecule has 1 aromatic carbocycles. The lowest BCUT2D eigenvalue weighted by molar-refractivity contribution is -0.384. The van der Waals surface area contributed by atoms with Gasteiger partial charge in [0.2, 0.25) is 0 Å². The number of ether oxygens (including phenoxy) is 1. The number of benzene rings is 1. The topological polar surface area (TPSA) is 92.9 Å². The lowest BCUT2D eigenvalue weighted by Gasteiger charge is -2.34. The van der Waals surface area contributed by atoms with E-state index in [1.807, 2.05) is 4.90 Å². The summed E-state index contributed by atoms with van der Waals surface area (Å²) in [7, 11) is 0. The zero-order valence-electron chi connectivity index (χ0n) is 11.6. The summed E-state index contributed by atoms with van der Waals surface area (Å²) in [5, 5.41) is 19.5. The average Bonchev–Trinajstić information content (AvgIpc) is 2.52. The maximum absolute atomic E-state index is 11.1. The van der Waals surface area contributed by atoms with Gasteiger partial charge in [-0.15, -0.1) is 0 Å². The van der Waals surface area contributed by atoms with Gasteiger partial charge in [-0.2, -0.15) is 0 Å². The van der Waals surface area contributed by atoms with Crippen molar-refractivity contribution in [2.24, 2.45) is 0 Å². The zero-order valence-corrected chi connectivity index (χ0v) is 11.6. The Hall–Kier alpha value is -1.99. The first-order chi connectivity index (χ1) is 10.2. The van der Waals surface area contributed by atoms with Crippen LogP contribution in [-0.4, -0.2) is 48.7 Å². The number of rotatable bonds is 6. The predicted molar refractivity (Wildman–Crippen MR) is 76.8 cm³/mol. The van der Waals surface area contributed by atoms with Gasteiger partial charge in [0.25, 0.3) is 5.69 Å². The molecule has 2 rings (SSSR count). The van der Waals surface area contributed by atoms with Crippen molar-refractivity contribution in [1.82, 2.24) is 0 Å². The third-order valence-corrected chi connectivity index (χ3v) is 3.58. The fraction of sp³-hybridized carbons (Fsp3) is 0.500. The maximum atomic E-state index is 11.1. The number of aldehydes is 1. The fourth-order valence-corrected chi connectivity index (χ4v) is 2.52. The second kappa shape index (κ2) is 7.14. The van der Waals surface area contributed by atoms with Gasteiger partial charge < -0.3 is 14.7 Å². The lowest BCUT2D eigenvalue weighted by atomic mass is 10.0. The molecule has 7 nitrogen and oxygen atoms in total. The second-order valence-electron chi connectivity index (χ2n) is 4.90. The van der Waals surface area contributed by atoms with Gasteiger partial charge in [0.15, 0.2) is 6.29 Å². The third-order valence-electron chi connectivity index (χ3n) is 3.58. The normalized spacial score (nSPS) is 16.0. The van der Waals surface area contributed by atoms with Crippen LogP contribution < -0.4 is 4.90 Å². The van der Waals surface area contributed by atoms with Crippen LogP contribution in [0.2, 0.25) is 0 Å². The smallest absolute Gasteiger partial charge is 0.270 e. The summed E-state index contributed by atoms with van der Waals surface area (Å²) in [5.41, 5.74) is 0.970. The molecule has 1 fully saturated rings. The summed E-state index contributed by atoms with van der Waals surface area (Å²) in [5.74, 6) is 0. The number of hydrogen-bond donors (Lipinski definition) is 1. The van der Waals surface area contributed by atoms with Gasteiger partial charge in [0, 0.05) is 36.5 Å². The van der Waals surface area contributed by atoms with E-state index in [1.165, 1.54) is 12.1 Å². The molecule has 0 atom stereocenters. The van der Waals surface area contributed by atoms with Gasteiger partial charge in [-0.3, -0.25) is 14.9 Å². The quantitative estimate of drug-likeness (QED) is 0.484. The Kier molecular flexibility index (Phi) is 5.24. The Morgan fingerprint density at radius 1 is 1.43 bits per heavy atom. The highest BCUT2D eigenvalue weighted by molar-refractivity contribution is 5.86. The standard InChI is InChI=1S/C14H18N2O5/c17-7-8-21-13-3-5-15(6-4-13)14-2-1-12(16(19)20)9-11(14)10-18/h1-2,9-10,13,17H,3-8H2. The average molecular weight is 294 g/mol. The molecule has 0 amide bonds. The van der Waals surface area contributed by atoms with Gasteiger partial charge in [0.1, 0.15) is 0 Å². The highest BCUT2D eigenvalue weighted by Crippen LogP contribution is 2.27. The summed E-state index contributed by atoms with van der Waals surface area (Å²) in [6.45, 7) is 1.78. The molecule has 7 heteroatoms. The molecule has 114 valence electrons. The van der Waals surface area contributed by atoms with Gasteiger partial charge in [-0.1, -0.05) is 0 Å². The largest absolute Gasteiger partial charge is 0.394 e. The van der Waals surface area contributed by atoms with Crippen molar-refractivity contribution in [3.8, 4) is 0 Å². The molecule has 0 radical (unpaired) electrons. The van der Waals surface area contributed by atoms with Crippen LogP contribution in [0.3, 0.4) is 0 Å². The highest BCUT2D eigenvalue weighted by atomic mass is 16.6. The molecule has 0 unspecified atom stereocenters. The summed E-state index contributed by atoms with van der Waals surface area (Å²) in [6.07, 6.45) is 2.37. The van der Waals surface area contributed by atoms with E-state index in [0.29, 0.717) is 18.5 Å². The number of nitro benzene ring substituents is 1. The molecule has 1 aliphatic heterocycles. The first-order valence-corrected chi connectivity index (χ1v) is 6.86. The Labute approximate surface area is 122 Å². The number of nitrogens with zero attached hydrogens (tertiary/aromatic N) is 2. The van der Waals surface area contributed by atoms with Crippen molar-refractivity contribution in [3.63, 3.8) is 0 Å². The second-order valence-corrected chi connectivity index (χ2v) is 4.90. The molecule has 1 heterocycles. The van der Waals surface area contributed by atoms with Crippen molar-refractivity contribution in [2.45, 2.75) is 18.9 Å². The van der Waals surface area contributed by atoms with E-state index in [4.69, 9.17) is 9.84 Å². The summed E-state index contributed by atoms with van der Waals surface area (Å²) in [4.78, 5) is 23.4. The minimum Gasteiger partial charge on any atom is -0.394 e. The van der Waals surface area contributed by atoms with E-state index in [0.717, 1.165) is 31.6 Å².